The molecule has 6 nitrogen and oxygen atoms in total. The van der Waals surface area contributed by atoms with Gasteiger partial charge in [-0.25, -0.2) is 0 Å². The van der Waals surface area contributed by atoms with E-state index in [2.05, 4.69) is 11.8 Å². The third-order valence-electron chi connectivity index (χ3n) is 4.00. The number of rotatable bonds is 9. The van der Waals surface area contributed by atoms with E-state index >= 15 is 0 Å². The Kier molecular flexibility index (Phi) is 6.95. The van der Waals surface area contributed by atoms with Gasteiger partial charge in [-0.05, 0) is 32.9 Å². The van der Waals surface area contributed by atoms with Crippen LogP contribution >= 0.6 is 0 Å². The maximum atomic E-state index is 11.8. The fourth-order valence-electron chi connectivity index (χ4n) is 2.66. The van der Waals surface area contributed by atoms with E-state index in [0.29, 0.717) is 13.1 Å². The number of hydrogen-bond acceptors (Lipinski definition) is 4. The van der Waals surface area contributed by atoms with Crippen molar-refractivity contribution in [2.75, 3.05) is 32.8 Å². The Hall–Kier alpha value is -1.14. The van der Waals surface area contributed by atoms with E-state index in [9.17, 15) is 9.59 Å². The first-order valence-electron chi connectivity index (χ1n) is 7.35. The van der Waals surface area contributed by atoms with Gasteiger partial charge in [-0.15, -0.1) is 0 Å². The summed E-state index contributed by atoms with van der Waals surface area (Å²) in [5.41, 5.74) is 0. The van der Waals surface area contributed by atoms with Crippen molar-refractivity contribution in [2.45, 2.75) is 39.2 Å². The average molecular weight is 286 g/mol. The minimum atomic E-state index is -0.881. The summed E-state index contributed by atoms with van der Waals surface area (Å²) in [7, 11) is 0. The number of nitrogens with zero attached hydrogens (tertiary/aromatic N) is 2. The lowest BCUT2D eigenvalue weighted by molar-refractivity contribution is -0.141. The minimum absolute atomic E-state index is 0.0485. The van der Waals surface area contributed by atoms with Crippen molar-refractivity contribution in [1.82, 2.24) is 9.80 Å². The van der Waals surface area contributed by atoms with Crippen molar-refractivity contribution in [2.24, 2.45) is 5.92 Å². The van der Waals surface area contributed by atoms with E-state index in [1.54, 1.807) is 4.90 Å². The normalized spacial score (nSPS) is 20.7. The summed E-state index contributed by atoms with van der Waals surface area (Å²) in [6.07, 6.45) is 1.93. The predicted octanol–water partition coefficient (Wildman–Crippen LogP) is 0.402. The van der Waals surface area contributed by atoms with Crippen LogP contribution in [0, 0.1) is 5.92 Å². The largest absolute Gasteiger partial charge is 0.481 e. The van der Waals surface area contributed by atoms with E-state index in [4.69, 9.17) is 10.2 Å². The summed E-state index contributed by atoms with van der Waals surface area (Å²) >= 11 is 0. The Morgan fingerprint density at radius 2 is 2.20 bits per heavy atom. The van der Waals surface area contributed by atoms with Crippen LogP contribution in [0.3, 0.4) is 0 Å². The molecule has 2 atom stereocenters. The van der Waals surface area contributed by atoms with E-state index in [0.717, 1.165) is 25.9 Å². The first-order chi connectivity index (χ1) is 9.49. The first-order valence-corrected chi connectivity index (χ1v) is 7.35. The second-order valence-electron chi connectivity index (χ2n) is 5.43. The molecule has 1 aliphatic rings. The van der Waals surface area contributed by atoms with Crippen molar-refractivity contribution < 1.29 is 19.8 Å². The molecule has 0 aliphatic carbocycles. The molecule has 0 bridgehead atoms. The maximum Gasteiger partial charge on any atom is 0.308 e. The Labute approximate surface area is 120 Å². The highest BCUT2D eigenvalue weighted by molar-refractivity contribution is 5.86. The molecule has 2 unspecified atom stereocenters. The molecule has 0 spiro atoms. The van der Waals surface area contributed by atoms with Crippen LogP contribution < -0.4 is 0 Å². The number of carboxylic acid groups (broad SMARTS) is 1. The molecule has 1 rings (SSSR count). The van der Waals surface area contributed by atoms with Crippen molar-refractivity contribution in [3.8, 4) is 0 Å². The number of aliphatic hydroxyl groups excluding tert-OH is 1. The SMILES string of the molecule is CCN(CCO)CCCC(C)N1CC(C(=O)O)CC1=O. The lowest BCUT2D eigenvalue weighted by Gasteiger charge is -2.26. The second-order valence-corrected chi connectivity index (χ2v) is 5.43. The highest BCUT2D eigenvalue weighted by Crippen LogP contribution is 2.22. The van der Waals surface area contributed by atoms with Gasteiger partial charge in [0.05, 0.1) is 12.5 Å². The van der Waals surface area contributed by atoms with E-state index in [1.165, 1.54) is 0 Å². The number of aliphatic carboxylic acids is 1. The second kappa shape index (κ2) is 8.21. The Morgan fingerprint density at radius 3 is 2.70 bits per heavy atom. The molecule has 1 aliphatic heterocycles. The molecule has 20 heavy (non-hydrogen) atoms. The summed E-state index contributed by atoms with van der Waals surface area (Å²) in [6, 6.07) is 0.0830. The van der Waals surface area contributed by atoms with Gasteiger partial charge in [0.15, 0.2) is 0 Å². The number of carboxylic acids is 1. The number of likely N-dealkylation sites (N-methyl/N-ethyl adjacent to an activating group) is 1. The summed E-state index contributed by atoms with van der Waals surface area (Å²) in [5, 5.41) is 17.9. The summed E-state index contributed by atoms with van der Waals surface area (Å²) in [5.74, 6) is -1.48. The van der Waals surface area contributed by atoms with Crippen LogP contribution in [0.1, 0.15) is 33.1 Å². The van der Waals surface area contributed by atoms with Crippen LogP contribution in [0.25, 0.3) is 0 Å². The zero-order valence-electron chi connectivity index (χ0n) is 12.4. The van der Waals surface area contributed by atoms with Crippen molar-refractivity contribution in [3.63, 3.8) is 0 Å². The standard InChI is InChI=1S/C14H26N2O4/c1-3-15(7-8-17)6-4-5-11(2)16-10-12(14(19)20)9-13(16)18/h11-12,17H,3-10H2,1-2H3,(H,19,20). The summed E-state index contributed by atoms with van der Waals surface area (Å²) in [6.45, 7) is 7.00. The third-order valence-corrected chi connectivity index (χ3v) is 4.00. The lowest BCUT2D eigenvalue weighted by Crippen LogP contribution is -2.36. The fraction of sp³-hybridized carbons (Fsp3) is 0.857. The summed E-state index contributed by atoms with van der Waals surface area (Å²) in [4.78, 5) is 26.6. The van der Waals surface area contributed by atoms with Gasteiger partial charge >= 0.3 is 5.97 Å². The van der Waals surface area contributed by atoms with Crippen LogP contribution in [0.15, 0.2) is 0 Å². The monoisotopic (exact) mass is 286 g/mol. The number of carbonyl (C=O) groups excluding carboxylic acids is 1. The van der Waals surface area contributed by atoms with Gasteiger partial charge < -0.3 is 20.0 Å². The minimum Gasteiger partial charge on any atom is -0.481 e. The zero-order chi connectivity index (χ0) is 15.1. The average Bonchev–Trinajstić information content (AvgIpc) is 2.80. The molecule has 0 aromatic carbocycles. The Morgan fingerprint density at radius 1 is 1.50 bits per heavy atom. The molecule has 1 saturated heterocycles. The zero-order valence-corrected chi connectivity index (χ0v) is 12.4. The highest BCUT2D eigenvalue weighted by atomic mass is 16.4. The number of hydrogen-bond donors (Lipinski definition) is 2. The predicted molar refractivity (Wildman–Crippen MR) is 75.4 cm³/mol. The third kappa shape index (κ3) is 4.76. The van der Waals surface area contributed by atoms with Gasteiger partial charge in [-0.1, -0.05) is 6.92 Å². The topological polar surface area (TPSA) is 81.1 Å². The first kappa shape index (κ1) is 16.9. The van der Waals surface area contributed by atoms with Crippen molar-refractivity contribution >= 4 is 11.9 Å². The molecule has 1 amide bonds. The van der Waals surface area contributed by atoms with Gasteiger partial charge in [0.1, 0.15) is 0 Å². The molecule has 0 aromatic rings. The van der Waals surface area contributed by atoms with Crippen LogP contribution in [0.2, 0.25) is 0 Å². The highest BCUT2D eigenvalue weighted by Gasteiger charge is 2.36. The number of aliphatic hydroxyl groups is 1. The molecule has 1 fully saturated rings. The molecular formula is C14H26N2O4. The van der Waals surface area contributed by atoms with Gasteiger partial charge in [0.25, 0.3) is 0 Å². The fourth-order valence-corrected chi connectivity index (χ4v) is 2.66. The molecular weight excluding hydrogens is 260 g/mol. The Bertz CT molecular complexity index is 335. The number of likely N-dealkylation sites (tertiary alicyclic amines) is 1. The van der Waals surface area contributed by atoms with Gasteiger partial charge in [0, 0.05) is 25.6 Å². The van der Waals surface area contributed by atoms with Crippen LogP contribution in [0.4, 0.5) is 0 Å². The molecule has 0 radical (unpaired) electrons. The lowest BCUT2D eigenvalue weighted by atomic mass is 10.1. The van der Waals surface area contributed by atoms with Gasteiger partial charge in [-0.3, -0.25) is 9.59 Å². The molecule has 0 aromatic heterocycles. The molecule has 1 heterocycles. The number of carbonyl (C=O) groups is 2. The molecule has 116 valence electrons. The summed E-state index contributed by atoms with van der Waals surface area (Å²) < 4.78 is 0. The van der Waals surface area contributed by atoms with Crippen LogP contribution in [0.5, 0.6) is 0 Å². The Balaban J connectivity index is 2.34. The van der Waals surface area contributed by atoms with Crippen molar-refractivity contribution in [1.29, 1.82) is 0 Å². The number of amides is 1. The van der Waals surface area contributed by atoms with Gasteiger partial charge in [0.2, 0.25) is 5.91 Å². The van der Waals surface area contributed by atoms with Crippen molar-refractivity contribution in [3.05, 3.63) is 0 Å². The van der Waals surface area contributed by atoms with Crippen LogP contribution in [-0.2, 0) is 9.59 Å². The smallest absolute Gasteiger partial charge is 0.308 e. The van der Waals surface area contributed by atoms with Gasteiger partial charge in [-0.2, -0.15) is 0 Å². The maximum absolute atomic E-state index is 11.8. The van der Waals surface area contributed by atoms with E-state index in [-0.39, 0.29) is 25.0 Å². The van der Waals surface area contributed by atoms with Crippen LogP contribution in [-0.4, -0.2) is 70.7 Å². The molecule has 2 N–H and O–H groups in total. The van der Waals surface area contributed by atoms with E-state index < -0.39 is 11.9 Å². The quantitative estimate of drug-likeness (QED) is 0.641. The molecule has 0 saturated carbocycles. The van der Waals surface area contributed by atoms with E-state index in [1.807, 2.05) is 6.92 Å². The molecule has 6 heteroatoms.